The van der Waals surface area contributed by atoms with Gasteiger partial charge >= 0.3 is 17.9 Å². The monoisotopic (exact) mass is 1110 g/mol. The van der Waals surface area contributed by atoms with Crippen LogP contribution in [0.5, 0.6) is 0 Å². The lowest BCUT2D eigenvalue weighted by atomic mass is 10.0. The predicted octanol–water partition coefficient (Wildman–Crippen LogP) is 14.8. The van der Waals surface area contributed by atoms with E-state index < -0.39 is 86.2 Å². The van der Waals surface area contributed by atoms with Crippen LogP contribution in [0.4, 0.5) is 0 Å². The Bertz CT molecular complexity index is 2180. The molecule has 12 nitrogen and oxygen atoms in total. The molecule has 0 amide bonds. The summed E-state index contributed by atoms with van der Waals surface area (Å²) in [5, 5.41) is 0. The summed E-state index contributed by atoms with van der Waals surface area (Å²) in [4.78, 5) is 40.6. The lowest BCUT2D eigenvalue weighted by Gasteiger charge is -2.40. The van der Waals surface area contributed by atoms with Crippen molar-refractivity contribution in [3.63, 3.8) is 0 Å². The zero-order valence-electron chi connectivity index (χ0n) is 47.0. The Morgan fingerprint density at radius 2 is 0.805 bits per heavy atom. The fourth-order valence-electron chi connectivity index (χ4n) is 10.1. The minimum Gasteiger partial charge on any atom is -0.459 e. The van der Waals surface area contributed by atoms with Crippen molar-refractivity contribution in [1.82, 2.24) is 0 Å². The zero-order valence-corrected chi connectivity index (χ0v) is 48.6. The fourth-order valence-corrected chi connectivity index (χ4v) is 13.7. The van der Waals surface area contributed by atoms with Crippen molar-refractivity contribution in [2.45, 2.75) is 225 Å². The molecule has 432 valence electrons. The molecule has 0 aromatic heterocycles. The predicted molar refractivity (Wildman–Crippen MR) is 309 cm³/mol. The van der Waals surface area contributed by atoms with Crippen LogP contribution in [-0.2, 0) is 43.4 Å². The number of hydrogen-bond donors (Lipinski definition) is 0. The number of benzene rings is 3. The molecule has 0 spiro atoms. The zero-order chi connectivity index (χ0) is 55.2. The summed E-state index contributed by atoms with van der Waals surface area (Å²) in [7, 11) is -7.41. The van der Waals surface area contributed by atoms with Crippen LogP contribution in [0, 0.1) is 5.92 Å². The van der Waals surface area contributed by atoms with Gasteiger partial charge in [0.25, 0.3) is 0 Å². The summed E-state index contributed by atoms with van der Waals surface area (Å²) >= 11 is 0. The van der Waals surface area contributed by atoms with Crippen LogP contribution in [0.1, 0.15) is 231 Å². The maximum atomic E-state index is 13.8. The molecule has 1 saturated heterocycles. The smallest absolute Gasteiger partial charge is 0.338 e. The van der Waals surface area contributed by atoms with Crippen LogP contribution in [0.15, 0.2) is 91.0 Å². The van der Waals surface area contributed by atoms with Gasteiger partial charge in [0.05, 0.1) is 46.3 Å². The Morgan fingerprint density at radius 1 is 0.468 bits per heavy atom. The molecule has 3 aromatic carbocycles. The Labute approximate surface area is 464 Å². The van der Waals surface area contributed by atoms with E-state index in [1.54, 1.807) is 91.0 Å². The van der Waals surface area contributed by atoms with Gasteiger partial charge in [-0.1, -0.05) is 235 Å². The lowest BCUT2D eigenvalue weighted by molar-refractivity contribution is -0.257. The Balaban J connectivity index is 1.42. The molecule has 77 heavy (non-hydrogen) atoms. The third-order valence-electron chi connectivity index (χ3n) is 14.5. The van der Waals surface area contributed by atoms with Crippen molar-refractivity contribution in [1.29, 1.82) is 0 Å². The summed E-state index contributed by atoms with van der Waals surface area (Å²) in [5.41, 5.74) is 0.742. The molecule has 0 aliphatic carbocycles. The number of sulfone groups is 2. The molecule has 0 N–H and O–H groups in total. The molecule has 0 saturated carbocycles. The normalized spacial score (nSPS) is 16.8. The Hall–Kier alpha value is -4.11. The molecule has 1 aliphatic rings. The van der Waals surface area contributed by atoms with Crippen LogP contribution in [0.3, 0.4) is 0 Å². The largest absolute Gasteiger partial charge is 0.459 e. The van der Waals surface area contributed by atoms with Gasteiger partial charge in [-0.05, 0) is 49.2 Å². The molecule has 14 heteroatoms. The van der Waals surface area contributed by atoms with Gasteiger partial charge in [0.15, 0.2) is 32.1 Å². The molecule has 4 rings (SSSR count). The highest BCUT2D eigenvalue weighted by Crippen LogP contribution is 2.30. The van der Waals surface area contributed by atoms with E-state index >= 15 is 0 Å². The number of hydrogen-bond acceptors (Lipinski definition) is 12. The number of carbonyl (C=O) groups is 3. The Kier molecular flexibility index (Phi) is 33.4. The van der Waals surface area contributed by atoms with Crippen molar-refractivity contribution < 1.29 is 54.9 Å². The second kappa shape index (κ2) is 39.3. The van der Waals surface area contributed by atoms with Crippen molar-refractivity contribution in [3.8, 4) is 0 Å². The third-order valence-corrected chi connectivity index (χ3v) is 18.3. The summed E-state index contributed by atoms with van der Waals surface area (Å²) < 4.78 is 86.0. The third kappa shape index (κ3) is 29.1. The van der Waals surface area contributed by atoms with Crippen LogP contribution in [0.25, 0.3) is 0 Å². The maximum absolute atomic E-state index is 13.8. The first-order valence-corrected chi connectivity index (χ1v) is 33.5. The van der Waals surface area contributed by atoms with Gasteiger partial charge in [-0.15, -0.1) is 0 Å². The standard InChI is InChI=1S/C63H96O12S2/c1-3-5-7-9-11-13-15-17-19-21-23-25-27-38-46-76(67,68)51-53(52-77(69,70)47-39-28-26-24-22-20-18-16-14-12-10-8-6-4-2)49-71-59-48-57(74-62(65)55-42-34-30-35-43-55)60(75-63(66)56-44-36-31-37-45-56)58(73-59)50-72-61(64)54-40-32-29-33-41-54/h29-37,40-45,53,57-60H,3-28,38-39,46-52H2,1-2H3/t57-,58-,59+,60+/m1/s1. The van der Waals surface area contributed by atoms with Crippen LogP contribution in [-0.4, -0.2) is 95.6 Å². The first-order valence-electron chi connectivity index (χ1n) is 29.8. The second-order valence-electron chi connectivity index (χ2n) is 21.5. The Morgan fingerprint density at radius 3 is 1.18 bits per heavy atom. The second-order valence-corrected chi connectivity index (χ2v) is 25.9. The first-order chi connectivity index (χ1) is 37.4. The van der Waals surface area contributed by atoms with E-state index in [9.17, 15) is 31.2 Å². The maximum Gasteiger partial charge on any atom is 0.338 e. The number of esters is 3. The minimum atomic E-state index is -3.70. The summed E-state index contributed by atoms with van der Waals surface area (Å²) in [6, 6.07) is 24.9. The number of carbonyl (C=O) groups excluding carboxylic acids is 3. The van der Waals surface area contributed by atoms with Crippen LogP contribution < -0.4 is 0 Å². The molecule has 0 unspecified atom stereocenters. The van der Waals surface area contributed by atoms with E-state index in [1.165, 1.54) is 116 Å². The van der Waals surface area contributed by atoms with Gasteiger partial charge in [0.1, 0.15) is 18.8 Å². The van der Waals surface area contributed by atoms with Crippen LogP contribution in [0.2, 0.25) is 0 Å². The van der Waals surface area contributed by atoms with E-state index in [2.05, 4.69) is 13.8 Å². The lowest BCUT2D eigenvalue weighted by Crippen LogP contribution is -2.54. The topological polar surface area (TPSA) is 166 Å². The molecule has 4 atom stereocenters. The number of rotatable bonds is 44. The molecular weight excluding hydrogens is 1010 g/mol. The fraction of sp³-hybridized carbons (Fsp3) is 0.667. The van der Waals surface area contributed by atoms with E-state index in [0.717, 1.165) is 51.4 Å². The van der Waals surface area contributed by atoms with Crippen molar-refractivity contribution in [2.75, 3.05) is 36.2 Å². The van der Waals surface area contributed by atoms with Crippen molar-refractivity contribution in [2.24, 2.45) is 5.92 Å². The molecule has 0 bridgehead atoms. The van der Waals surface area contributed by atoms with Gasteiger partial charge in [-0.2, -0.15) is 0 Å². The van der Waals surface area contributed by atoms with E-state index in [0.29, 0.717) is 12.8 Å². The highest BCUT2D eigenvalue weighted by molar-refractivity contribution is 7.92. The van der Waals surface area contributed by atoms with Gasteiger partial charge in [-0.25, -0.2) is 31.2 Å². The molecular formula is C63H96O12S2. The van der Waals surface area contributed by atoms with Gasteiger partial charge in [-0.3, -0.25) is 0 Å². The van der Waals surface area contributed by atoms with E-state index in [1.807, 2.05) is 0 Å². The molecule has 3 aromatic rings. The molecule has 0 radical (unpaired) electrons. The summed E-state index contributed by atoms with van der Waals surface area (Å²) in [6.07, 6.45) is 26.9. The highest BCUT2D eigenvalue weighted by atomic mass is 32.2. The molecule has 1 fully saturated rings. The van der Waals surface area contributed by atoms with Gasteiger partial charge in [0, 0.05) is 12.3 Å². The van der Waals surface area contributed by atoms with Crippen LogP contribution >= 0.6 is 0 Å². The quantitative estimate of drug-likeness (QED) is 0.0299. The van der Waals surface area contributed by atoms with Crippen molar-refractivity contribution in [3.05, 3.63) is 108 Å². The minimum absolute atomic E-state index is 0.0543. The highest BCUT2D eigenvalue weighted by Gasteiger charge is 2.45. The number of ether oxygens (including phenoxy) is 5. The van der Waals surface area contributed by atoms with E-state index in [-0.39, 0.29) is 41.2 Å². The number of unbranched alkanes of at least 4 members (excludes halogenated alkanes) is 26. The molecule has 1 heterocycles. The van der Waals surface area contributed by atoms with Gasteiger partial charge < -0.3 is 23.7 Å². The molecule has 1 aliphatic heterocycles. The average Bonchev–Trinajstić information content (AvgIpc) is 3.43. The van der Waals surface area contributed by atoms with Gasteiger partial charge in [0.2, 0.25) is 0 Å². The SMILES string of the molecule is CCCCCCCCCCCCCCCCS(=O)(=O)CC(CO[C@@H]1C[C@@H](OC(=O)c2ccccc2)[C@H](OC(=O)c2ccccc2)[C@@H](COC(=O)c2ccccc2)O1)CS(=O)(=O)CCCCCCCCCCCCCCCC. The summed E-state index contributed by atoms with van der Waals surface area (Å²) in [5.74, 6) is -3.93. The van der Waals surface area contributed by atoms with Crippen molar-refractivity contribution >= 4 is 37.6 Å². The summed E-state index contributed by atoms with van der Waals surface area (Å²) in [6.45, 7) is 3.74. The average molecular weight is 1110 g/mol. The van der Waals surface area contributed by atoms with E-state index in [4.69, 9.17) is 23.7 Å². The first kappa shape index (κ1) is 65.4.